The fourth-order valence-electron chi connectivity index (χ4n) is 5.60. The number of hydrogen-bond donors (Lipinski definition) is 1. The van der Waals surface area contributed by atoms with Crippen LogP contribution in [0.1, 0.15) is 11.1 Å². The second kappa shape index (κ2) is 7.98. The first-order valence-electron chi connectivity index (χ1n) is 11.5. The average Bonchev–Trinajstić information content (AvgIpc) is 2.86. The number of hydrogen-bond acceptors (Lipinski definition) is 8. The number of piperazine rings is 1. The summed E-state index contributed by atoms with van der Waals surface area (Å²) in [4.78, 5) is 83.3. The van der Waals surface area contributed by atoms with Crippen LogP contribution < -0.4 is 10.2 Å². The molecule has 0 aliphatic carbocycles. The second-order valence-electron chi connectivity index (χ2n) is 9.70. The minimum Gasteiger partial charge on any atom is -0.364 e. The van der Waals surface area contributed by atoms with Gasteiger partial charge in [-0.05, 0) is 42.8 Å². The number of nitrogens with zero attached hydrogens (tertiary/aromatic N) is 5. The van der Waals surface area contributed by atoms with E-state index in [2.05, 4.69) is 10.2 Å². The van der Waals surface area contributed by atoms with E-state index < -0.39 is 47.1 Å². The Hall–Kier alpha value is -4.06. The molecule has 12 nitrogen and oxygen atoms in total. The molecule has 3 saturated heterocycles. The van der Waals surface area contributed by atoms with Crippen LogP contribution in [-0.2, 0) is 25.6 Å². The van der Waals surface area contributed by atoms with Gasteiger partial charge < -0.3 is 9.80 Å². The van der Waals surface area contributed by atoms with Crippen LogP contribution in [0, 0.1) is 5.41 Å². The highest BCUT2D eigenvalue weighted by Crippen LogP contribution is 2.47. The molecule has 188 valence electrons. The molecular formula is C24H26N6O6. The summed E-state index contributed by atoms with van der Waals surface area (Å²) in [5.41, 5.74) is 0.350. The molecule has 8 amide bonds. The normalized spacial score (nSPS) is 25.6. The fraction of sp³-hybridized carbons (Fsp3) is 0.417. The number of carbonyl (C=O) groups excluding carboxylic acids is 6. The summed E-state index contributed by atoms with van der Waals surface area (Å²) in [6.45, 7) is 1.76. The number of anilines is 1. The van der Waals surface area contributed by atoms with Crippen molar-refractivity contribution in [2.45, 2.75) is 12.5 Å². The molecule has 0 radical (unpaired) electrons. The molecule has 0 saturated carbocycles. The zero-order valence-electron chi connectivity index (χ0n) is 20.4. The molecule has 12 heteroatoms. The van der Waals surface area contributed by atoms with E-state index in [0.717, 1.165) is 26.9 Å². The highest BCUT2D eigenvalue weighted by atomic mass is 16.2. The molecule has 4 heterocycles. The van der Waals surface area contributed by atoms with Crippen LogP contribution in [0.4, 0.5) is 15.3 Å². The van der Waals surface area contributed by atoms with Crippen molar-refractivity contribution in [1.82, 2.24) is 24.9 Å². The number of rotatable bonds is 1. The fourth-order valence-corrected chi connectivity index (χ4v) is 5.60. The van der Waals surface area contributed by atoms with Gasteiger partial charge >= 0.3 is 12.1 Å². The van der Waals surface area contributed by atoms with Gasteiger partial charge in [0.05, 0.1) is 6.04 Å². The number of barbiturate groups is 2. The zero-order valence-corrected chi connectivity index (χ0v) is 20.4. The van der Waals surface area contributed by atoms with E-state index in [9.17, 15) is 28.8 Å². The smallest absolute Gasteiger partial charge is 0.332 e. The van der Waals surface area contributed by atoms with Crippen LogP contribution in [0.15, 0.2) is 23.8 Å². The largest absolute Gasteiger partial charge is 0.364 e. The van der Waals surface area contributed by atoms with Crippen molar-refractivity contribution in [2.24, 2.45) is 5.41 Å². The van der Waals surface area contributed by atoms with Crippen molar-refractivity contribution in [3.63, 3.8) is 0 Å². The van der Waals surface area contributed by atoms with Gasteiger partial charge in [0.1, 0.15) is 5.57 Å². The third kappa shape index (κ3) is 3.17. The van der Waals surface area contributed by atoms with Crippen LogP contribution in [0.5, 0.6) is 0 Å². The number of nitrogens with one attached hydrogen (secondary N) is 1. The van der Waals surface area contributed by atoms with Crippen LogP contribution >= 0.6 is 0 Å². The van der Waals surface area contributed by atoms with Crippen molar-refractivity contribution in [2.75, 3.05) is 52.7 Å². The molecule has 1 aromatic rings. The van der Waals surface area contributed by atoms with Crippen LogP contribution in [0.2, 0.25) is 0 Å². The first-order chi connectivity index (χ1) is 17.0. The van der Waals surface area contributed by atoms with E-state index in [1.165, 1.54) is 27.2 Å². The molecule has 1 atom stereocenters. The first kappa shape index (κ1) is 23.7. The van der Waals surface area contributed by atoms with Crippen molar-refractivity contribution in [1.29, 1.82) is 0 Å². The maximum absolute atomic E-state index is 13.7. The summed E-state index contributed by atoms with van der Waals surface area (Å²) in [7, 11) is 5.97. The summed E-state index contributed by atoms with van der Waals surface area (Å²) in [5, 5.41) is 2.12. The van der Waals surface area contributed by atoms with Crippen molar-refractivity contribution in [3.05, 3.63) is 34.9 Å². The van der Waals surface area contributed by atoms with Crippen molar-refractivity contribution in [3.8, 4) is 0 Å². The molecule has 0 aromatic heterocycles. The molecule has 5 rings (SSSR count). The Balaban J connectivity index is 1.62. The number of fused-ring (bicyclic) bond motifs is 4. The van der Waals surface area contributed by atoms with Gasteiger partial charge in [-0.3, -0.25) is 39.2 Å². The molecular weight excluding hydrogens is 468 g/mol. The van der Waals surface area contributed by atoms with Gasteiger partial charge in [-0.1, -0.05) is 6.07 Å². The first-order valence-corrected chi connectivity index (χ1v) is 11.5. The number of likely N-dealkylation sites (N-methyl/N-ethyl adjacent to an activating group) is 2. The number of carbonyl (C=O) groups is 6. The van der Waals surface area contributed by atoms with E-state index in [1.807, 2.05) is 18.0 Å². The summed E-state index contributed by atoms with van der Waals surface area (Å²) in [6, 6.07) is 3.40. The van der Waals surface area contributed by atoms with E-state index in [4.69, 9.17) is 0 Å². The topological polar surface area (TPSA) is 131 Å². The quantitative estimate of drug-likeness (QED) is 0.314. The highest BCUT2D eigenvalue weighted by Gasteiger charge is 2.63. The molecule has 4 aliphatic heterocycles. The summed E-state index contributed by atoms with van der Waals surface area (Å²) in [6.07, 6.45) is 1.45. The van der Waals surface area contributed by atoms with Gasteiger partial charge in [-0.2, -0.15) is 0 Å². The Morgan fingerprint density at radius 3 is 2.25 bits per heavy atom. The van der Waals surface area contributed by atoms with Crippen LogP contribution in [0.25, 0.3) is 6.08 Å². The lowest BCUT2D eigenvalue weighted by Crippen LogP contribution is -2.74. The van der Waals surface area contributed by atoms with E-state index in [0.29, 0.717) is 24.2 Å². The van der Waals surface area contributed by atoms with Gasteiger partial charge in [-0.25, -0.2) is 9.59 Å². The third-order valence-corrected chi connectivity index (χ3v) is 7.60. The van der Waals surface area contributed by atoms with Gasteiger partial charge in [-0.15, -0.1) is 0 Å². The SMILES string of the molecule is CN1CCN2c3ccc(/C=C4/C(=O)NC(=O)N(C)C4=O)cc3CC3(C(=O)N(C)C(=O)N(C)C3=O)C2C1. The number of benzene rings is 1. The van der Waals surface area contributed by atoms with E-state index >= 15 is 0 Å². The van der Waals surface area contributed by atoms with E-state index in [-0.39, 0.29) is 12.0 Å². The predicted molar refractivity (Wildman–Crippen MR) is 126 cm³/mol. The summed E-state index contributed by atoms with van der Waals surface area (Å²) < 4.78 is 0. The monoisotopic (exact) mass is 494 g/mol. The van der Waals surface area contributed by atoms with Gasteiger partial charge in [0.15, 0.2) is 5.41 Å². The lowest BCUT2D eigenvalue weighted by molar-refractivity contribution is -0.160. The minimum atomic E-state index is -1.50. The molecule has 4 aliphatic rings. The summed E-state index contributed by atoms with van der Waals surface area (Å²) in [5.74, 6) is -2.61. The molecule has 36 heavy (non-hydrogen) atoms. The standard InChI is InChI=1S/C24H26N6O6/c1-26-7-8-30-16-6-5-13(10-15-18(31)25-22(35)27(2)19(15)32)9-14(16)11-24(17(30)12-26)20(33)28(3)23(36)29(4)21(24)34/h5-6,9-10,17H,7-8,11-12H2,1-4H3,(H,25,31,35)/b15-10-. The number of imide groups is 4. The zero-order chi connectivity index (χ0) is 26.1. The van der Waals surface area contributed by atoms with Crippen LogP contribution in [-0.4, -0.2) is 109 Å². The van der Waals surface area contributed by atoms with E-state index in [1.54, 1.807) is 12.1 Å². The molecule has 1 unspecified atom stereocenters. The Kier molecular flexibility index (Phi) is 5.25. The lowest BCUT2D eigenvalue weighted by Gasteiger charge is -2.55. The Morgan fingerprint density at radius 1 is 0.917 bits per heavy atom. The van der Waals surface area contributed by atoms with Gasteiger partial charge in [0.2, 0.25) is 11.8 Å². The molecule has 3 fully saturated rings. The molecule has 1 aromatic carbocycles. The Labute approximate surface area is 207 Å². The predicted octanol–water partition coefficient (Wildman–Crippen LogP) is -0.508. The van der Waals surface area contributed by atoms with Crippen LogP contribution in [0.3, 0.4) is 0 Å². The number of amides is 8. The molecule has 0 bridgehead atoms. The minimum absolute atomic E-state index is 0.0620. The third-order valence-electron chi connectivity index (χ3n) is 7.60. The second-order valence-corrected chi connectivity index (χ2v) is 9.70. The maximum atomic E-state index is 13.7. The lowest BCUT2D eigenvalue weighted by atomic mass is 9.67. The van der Waals surface area contributed by atoms with Crippen molar-refractivity contribution < 1.29 is 28.8 Å². The number of urea groups is 2. The van der Waals surface area contributed by atoms with Crippen molar-refractivity contribution >= 4 is 47.5 Å². The molecule has 1 N–H and O–H groups in total. The highest BCUT2D eigenvalue weighted by molar-refractivity contribution is 6.30. The Morgan fingerprint density at radius 2 is 1.58 bits per heavy atom. The maximum Gasteiger partial charge on any atom is 0.332 e. The van der Waals surface area contributed by atoms with Gasteiger partial charge in [0, 0.05) is 46.5 Å². The summed E-state index contributed by atoms with van der Waals surface area (Å²) >= 11 is 0. The average molecular weight is 495 g/mol. The molecule has 1 spiro atoms. The van der Waals surface area contributed by atoms with Gasteiger partial charge in [0.25, 0.3) is 11.8 Å². The Bertz CT molecular complexity index is 1260.